The number of thioether (sulfide) groups is 1. The Morgan fingerprint density at radius 1 is 1.36 bits per heavy atom. The van der Waals surface area contributed by atoms with E-state index in [9.17, 15) is 13.2 Å². The number of anilines is 1. The van der Waals surface area contributed by atoms with Gasteiger partial charge in [-0.05, 0) is 31.0 Å². The van der Waals surface area contributed by atoms with Gasteiger partial charge in [-0.2, -0.15) is 4.99 Å². The van der Waals surface area contributed by atoms with Crippen LogP contribution >= 0.6 is 27.7 Å². The number of ether oxygens (including phenoxy) is 1. The number of fused-ring (bicyclic) bond motifs is 1. The number of nitrogens with zero attached hydrogens (tertiary/aromatic N) is 2. The molecule has 4 rings (SSSR count). The SMILES string of the molecule is O=C(N=C1S[C@H]2CS(=O)(=O)C[C@H]2N1c1cccc(Br)c1)[C@@H]1CCCO1. The number of benzene rings is 1. The van der Waals surface area contributed by atoms with Crippen LogP contribution in [0.1, 0.15) is 12.8 Å². The van der Waals surface area contributed by atoms with Gasteiger partial charge in [0, 0.05) is 22.0 Å². The highest BCUT2D eigenvalue weighted by Crippen LogP contribution is 2.41. The molecule has 3 aliphatic rings. The second kappa shape index (κ2) is 6.68. The largest absolute Gasteiger partial charge is 0.368 e. The van der Waals surface area contributed by atoms with E-state index in [0.29, 0.717) is 18.2 Å². The zero-order valence-electron chi connectivity index (χ0n) is 13.3. The molecule has 3 saturated heterocycles. The van der Waals surface area contributed by atoms with Crippen LogP contribution in [0, 0.1) is 0 Å². The second-order valence-corrected chi connectivity index (χ2v) is 10.7. The van der Waals surface area contributed by atoms with E-state index < -0.39 is 15.9 Å². The maximum atomic E-state index is 12.4. The highest BCUT2D eigenvalue weighted by molar-refractivity contribution is 9.10. The number of sulfone groups is 1. The Kier molecular flexibility index (Phi) is 4.68. The van der Waals surface area contributed by atoms with Gasteiger partial charge in [0.25, 0.3) is 5.91 Å². The molecular formula is C16H17BrN2O4S2. The van der Waals surface area contributed by atoms with Crippen LogP contribution in [-0.2, 0) is 19.4 Å². The second-order valence-electron chi connectivity index (χ2n) is 6.38. The van der Waals surface area contributed by atoms with Crippen LogP contribution in [0.5, 0.6) is 0 Å². The number of halogens is 1. The molecule has 0 saturated carbocycles. The number of aliphatic imine (C=N–C) groups is 1. The quantitative estimate of drug-likeness (QED) is 0.695. The Balaban J connectivity index is 1.69. The van der Waals surface area contributed by atoms with Gasteiger partial charge < -0.3 is 9.64 Å². The first-order valence-electron chi connectivity index (χ1n) is 8.09. The molecule has 3 heterocycles. The first-order valence-corrected chi connectivity index (χ1v) is 11.6. The smallest absolute Gasteiger partial charge is 0.277 e. The molecule has 3 atom stereocenters. The molecule has 0 unspecified atom stereocenters. The number of carbonyl (C=O) groups excluding carboxylic acids is 1. The maximum absolute atomic E-state index is 12.4. The van der Waals surface area contributed by atoms with Crippen molar-refractivity contribution in [1.82, 2.24) is 0 Å². The third-order valence-electron chi connectivity index (χ3n) is 4.56. The Hall–Kier alpha value is -0.900. The number of rotatable bonds is 2. The standard InChI is InChI=1S/C16H17BrN2O4S2/c17-10-3-1-4-11(7-10)19-12-8-25(21,22)9-14(12)24-16(19)18-15(20)13-5-2-6-23-13/h1,3-4,7,12-14H,2,5-6,8-9H2/t12-,13+,14+/m1/s1. The lowest BCUT2D eigenvalue weighted by atomic mass is 10.2. The summed E-state index contributed by atoms with van der Waals surface area (Å²) in [5.74, 6) is -0.0626. The van der Waals surface area contributed by atoms with Crippen LogP contribution in [0.25, 0.3) is 0 Å². The van der Waals surface area contributed by atoms with Crippen molar-refractivity contribution in [2.45, 2.75) is 30.2 Å². The van der Waals surface area contributed by atoms with Gasteiger partial charge in [-0.3, -0.25) is 4.79 Å². The topological polar surface area (TPSA) is 76.0 Å². The van der Waals surface area contributed by atoms with E-state index in [-0.39, 0.29) is 28.7 Å². The Morgan fingerprint density at radius 3 is 2.92 bits per heavy atom. The number of hydrogen-bond donors (Lipinski definition) is 0. The predicted octanol–water partition coefficient (Wildman–Crippen LogP) is 2.23. The molecule has 1 aromatic carbocycles. The van der Waals surface area contributed by atoms with E-state index in [1.165, 1.54) is 11.8 Å². The number of amides is 1. The lowest BCUT2D eigenvalue weighted by Gasteiger charge is -2.24. The van der Waals surface area contributed by atoms with E-state index in [4.69, 9.17) is 4.74 Å². The van der Waals surface area contributed by atoms with Crippen molar-refractivity contribution in [3.05, 3.63) is 28.7 Å². The third-order valence-corrected chi connectivity index (χ3v) is 8.27. The van der Waals surface area contributed by atoms with Gasteiger partial charge >= 0.3 is 0 Å². The summed E-state index contributed by atoms with van der Waals surface area (Å²) in [5.41, 5.74) is 0.838. The van der Waals surface area contributed by atoms with Crippen molar-refractivity contribution >= 4 is 54.3 Å². The van der Waals surface area contributed by atoms with Crippen LogP contribution in [0.4, 0.5) is 5.69 Å². The molecule has 1 aromatic rings. The molecule has 0 bridgehead atoms. The zero-order chi connectivity index (χ0) is 17.6. The van der Waals surface area contributed by atoms with Crippen LogP contribution < -0.4 is 4.90 Å². The van der Waals surface area contributed by atoms with E-state index in [1.54, 1.807) is 0 Å². The van der Waals surface area contributed by atoms with Crippen LogP contribution in [-0.4, -0.2) is 55.0 Å². The summed E-state index contributed by atoms with van der Waals surface area (Å²) in [5, 5.41) is 0.475. The highest BCUT2D eigenvalue weighted by atomic mass is 79.9. The third kappa shape index (κ3) is 3.51. The van der Waals surface area contributed by atoms with E-state index >= 15 is 0 Å². The molecule has 0 spiro atoms. The molecule has 134 valence electrons. The molecule has 0 radical (unpaired) electrons. The van der Waals surface area contributed by atoms with Crippen molar-refractivity contribution in [3.63, 3.8) is 0 Å². The first kappa shape index (κ1) is 17.5. The molecule has 0 aromatic heterocycles. The summed E-state index contributed by atoms with van der Waals surface area (Å²) in [6.45, 7) is 0.591. The van der Waals surface area contributed by atoms with Gasteiger partial charge in [0.05, 0.1) is 17.5 Å². The average molecular weight is 445 g/mol. The van der Waals surface area contributed by atoms with Gasteiger partial charge in [0.2, 0.25) is 0 Å². The van der Waals surface area contributed by atoms with Gasteiger partial charge in [-0.15, -0.1) is 0 Å². The molecule has 6 nitrogen and oxygen atoms in total. The lowest BCUT2D eigenvalue weighted by Crippen LogP contribution is -2.38. The zero-order valence-corrected chi connectivity index (χ0v) is 16.5. The summed E-state index contributed by atoms with van der Waals surface area (Å²) in [7, 11) is -3.06. The van der Waals surface area contributed by atoms with Crippen molar-refractivity contribution in [2.24, 2.45) is 4.99 Å². The number of carbonyl (C=O) groups is 1. The number of hydrogen-bond acceptors (Lipinski definition) is 5. The molecule has 1 amide bonds. The predicted molar refractivity (Wildman–Crippen MR) is 102 cm³/mol. The summed E-state index contributed by atoms with van der Waals surface area (Å²) >= 11 is 4.83. The first-order chi connectivity index (χ1) is 11.9. The lowest BCUT2D eigenvalue weighted by molar-refractivity contribution is -0.126. The Labute approximate surface area is 159 Å². The fourth-order valence-electron chi connectivity index (χ4n) is 3.43. The minimum Gasteiger partial charge on any atom is -0.368 e. The van der Waals surface area contributed by atoms with Gasteiger partial charge in [-0.1, -0.05) is 33.8 Å². The van der Waals surface area contributed by atoms with Gasteiger partial charge in [-0.25, -0.2) is 8.42 Å². The normalized spacial score (nSPS) is 32.3. The van der Waals surface area contributed by atoms with Crippen LogP contribution in [0.3, 0.4) is 0 Å². The summed E-state index contributed by atoms with van der Waals surface area (Å²) in [6, 6.07) is 7.43. The molecule has 9 heteroatoms. The average Bonchev–Trinajstić information content (AvgIpc) is 3.21. The highest BCUT2D eigenvalue weighted by Gasteiger charge is 2.49. The fourth-order valence-corrected chi connectivity index (χ4v) is 7.74. The van der Waals surface area contributed by atoms with Gasteiger partial charge in [0.15, 0.2) is 15.0 Å². The van der Waals surface area contributed by atoms with Crippen molar-refractivity contribution in [1.29, 1.82) is 0 Å². The Morgan fingerprint density at radius 2 is 2.20 bits per heavy atom. The van der Waals surface area contributed by atoms with Crippen molar-refractivity contribution in [3.8, 4) is 0 Å². The minimum absolute atomic E-state index is 0.0876. The Bertz CT molecular complexity index is 836. The molecule has 3 aliphatic heterocycles. The summed E-state index contributed by atoms with van der Waals surface area (Å²) in [6.07, 6.45) is 1.09. The summed E-state index contributed by atoms with van der Waals surface area (Å²) in [4.78, 5) is 18.6. The van der Waals surface area contributed by atoms with Gasteiger partial charge in [0.1, 0.15) is 6.10 Å². The fraction of sp³-hybridized carbons (Fsp3) is 0.500. The van der Waals surface area contributed by atoms with Crippen LogP contribution in [0.15, 0.2) is 33.7 Å². The molecule has 3 fully saturated rings. The van der Waals surface area contributed by atoms with E-state index in [2.05, 4.69) is 20.9 Å². The minimum atomic E-state index is -3.06. The maximum Gasteiger partial charge on any atom is 0.277 e. The van der Waals surface area contributed by atoms with Crippen molar-refractivity contribution in [2.75, 3.05) is 23.0 Å². The van der Waals surface area contributed by atoms with E-state index in [1.807, 2.05) is 29.2 Å². The monoisotopic (exact) mass is 444 g/mol. The molecule has 25 heavy (non-hydrogen) atoms. The molecular weight excluding hydrogens is 428 g/mol. The van der Waals surface area contributed by atoms with Crippen LogP contribution in [0.2, 0.25) is 0 Å². The molecule has 0 aliphatic carbocycles. The number of amidine groups is 1. The summed E-state index contributed by atoms with van der Waals surface area (Å²) < 4.78 is 30.4. The molecule has 0 N–H and O–H groups in total. The van der Waals surface area contributed by atoms with Crippen molar-refractivity contribution < 1.29 is 17.9 Å². The van der Waals surface area contributed by atoms with E-state index in [0.717, 1.165) is 16.6 Å².